The summed E-state index contributed by atoms with van der Waals surface area (Å²) in [5.41, 5.74) is 0. The quantitative estimate of drug-likeness (QED) is 0.622. The minimum atomic E-state index is 0.345. The zero-order valence-electron chi connectivity index (χ0n) is 12.3. The molecule has 0 aliphatic carbocycles. The number of unbranched alkanes of at least 4 members (excludes halogenated alkanes) is 2. The van der Waals surface area contributed by atoms with E-state index < -0.39 is 0 Å². The van der Waals surface area contributed by atoms with Gasteiger partial charge in [0.2, 0.25) is 0 Å². The Morgan fingerprint density at radius 2 is 2.11 bits per heavy atom. The van der Waals surface area contributed by atoms with Crippen molar-refractivity contribution >= 4 is 0 Å². The van der Waals surface area contributed by atoms with Crippen LogP contribution in [-0.4, -0.2) is 48.3 Å². The number of piperidine rings is 1. The van der Waals surface area contributed by atoms with Crippen LogP contribution >= 0.6 is 0 Å². The fourth-order valence-electron chi connectivity index (χ4n) is 2.97. The second-order valence-corrected chi connectivity index (χ2v) is 5.63. The monoisotopic (exact) mass is 256 g/mol. The van der Waals surface area contributed by atoms with Crippen molar-refractivity contribution in [1.29, 1.82) is 0 Å². The molecule has 0 aromatic carbocycles. The highest BCUT2D eigenvalue weighted by Gasteiger charge is 2.26. The van der Waals surface area contributed by atoms with Gasteiger partial charge < -0.3 is 10.4 Å². The lowest BCUT2D eigenvalue weighted by Gasteiger charge is -2.39. The molecule has 3 nitrogen and oxygen atoms in total. The molecule has 0 aromatic heterocycles. The van der Waals surface area contributed by atoms with Gasteiger partial charge in [-0.25, -0.2) is 0 Å². The van der Waals surface area contributed by atoms with Crippen molar-refractivity contribution < 1.29 is 5.11 Å². The number of aliphatic hydroxyl groups excluding tert-OH is 1. The summed E-state index contributed by atoms with van der Waals surface area (Å²) in [6.07, 6.45) is 8.66. The summed E-state index contributed by atoms with van der Waals surface area (Å²) in [6, 6.07) is 1.34. The molecule has 1 saturated heterocycles. The molecule has 108 valence electrons. The maximum Gasteiger partial charge on any atom is 0.0431 e. The van der Waals surface area contributed by atoms with Crippen LogP contribution in [0, 0.1) is 0 Å². The number of nitrogens with zero attached hydrogens (tertiary/aromatic N) is 1. The van der Waals surface area contributed by atoms with Gasteiger partial charge >= 0.3 is 0 Å². The van der Waals surface area contributed by atoms with Crippen LogP contribution < -0.4 is 5.32 Å². The molecule has 1 rings (SSSR count). The van der Waals surface area contributed by atoms with E-state index in [1.165, 1.54) is 45.2 Å². The smallest absolute Gasteiger partial charge is 0.0431 e. The molecule has 1 aliphatic heterocycles. The minimum absolute atomic E-state index is 0.345. The first kappa shape index (κ1) is 15.9. The molecule has 0 amide bonds. The Labute approximate surface area is 113 Å². The number of hydrogen-bond donors (Lipinski definition) is 2. The van der Waals surface area contributed by atoms with Gasteiger partial charge in [0.25, 0.3) is 0 Å². The molecule has 0 radical (unpaired) electrons. The van der Waals surface area contributed by atoms with E-state index in [2.05, 4.69) is 24.1 Å². The predicted octanol–water partition coefficient (Wildman–Crippen LogP) is 2.39. The Morgan fingerprint density at radius 3 is 2.83 bits per heavy atom. The van der Waals surface area contributed by atoms with E-state index in [1.54, 1.807) is 0 Å². The number of likely N-dealkylation sites (tertiary alicyclic amines) is 1. The summed E-state index contributed by atoms with van der Waals surface area (Å²) >= 11 is 0. The second kappa shape index (κ2) is 9.76. The number of hydrogen-bond acceptors (Lipinski definition) is 3. The molecular weight excluding hydrogens is 224 g/mol. The molecule has 2 unspecified atom stereocenters. The van der Waals surface area contributed by atoms with E-state index in [9.17, 15) is 0 Å². The van der Waals surface area contributed by atoms with Crippen molar-refractivity contribution in [3.63, 3.8) is 0 Å². The zero-order valence-corrected chi connectivity index (χ0v) is 12.3. The van der Waals surface area contributed by atoms with Crippen LogP contribution in [0.2, 0.25) is 0 Å². The average molecular weight is 256 g/mol. The third-order valence-corrected chi connectivity index (χ3v) is 4.06. The van der Waals surface area contributed by atoms with Crippen molar-refractivity contribution in [2.24, 2.45) is 0 Å². The van der Waals surface area contributed by atoms with Gasteiger partial charge in [-0.15, -0.1) is 0 Å². The minimum Gasteiger partial charge on any atom is -0.396 e. The lowest BCUT2D eigenvalue weighted by molar-refractivity contribution is 0.116. The van der Waals surface area contributed by atoms with Crippen LogP contribution in [0.4, 0.5) is 0 Å². The summed E-state index contributed by atoms with van der Waals surface area (Å²) in [7, 11) is 0. The van der Waals surface area contributed by atoms with Crippen molar-refractivity contribution in [3.8, 4) is 0 Å². The van der Waals surface area contributed by atoms with Gasteiger partial charge in [0, 0.05) is 18.7 Å². The Bertz CT molecular complexity index is 199. The third kappa shape index (κ3) is 5.68. The van der Waals surface area contributed by atoms with Crippen LogP contribution in [0.15, 0.2) is 0 Å². The maximum atomic E-state index is 8.82. The van der Waals surface area contributed by atoms with Crippen molar-refractivity contribution in [2.75, 3.05) is 26.2 Å². The van der Waals surface area contributed by atoms with Crippen LogP contribution in [0.1, 0.15) is 58.8 Å². The Kier molecular flexibility index (Phi) is 8.64. The lowest BCUT2D eigenvalue weighted by Crippen LogP contribution is -2.51. The van der Waals surface area contributed by atoms with Crippen molar-refractivity contribution in [2.45, 2.75) is 70.9 Å². The molecule has 0 aromatic rings. The topological polar surface area (TPSA) is 35.5 Å². The summed E-state index contributed by atoms with van der Waals surface area (Å²) in [5, 5.41) is 12.5. The van der Waals surface area contributed by atoms with Gasteiger partial charge in [-0.05, 0) is 65.1 Å². The van der Waals surface area contributed by atoms with Gasteiger partial charge in [-0.1, -0.05) is 13.3 Å². The van der Waals surface area contributed by atoms with E-state index in [0.717, 1.165) is 25.4 Å². The molecule has 0 saturated carbocycles. The first-order valence-corrected chi connectivity index (χ1v) is 7.88. The molecule has 2 N–H and O–H groups in total. The number of aliphatic hydroxyl groups is 1. The van der Waals surface area contributed by atoms with Crippen LogP contribution in [0.3, 0.4) is 0 Å². The highest BCUT2D eigenvalue weighted by atomic mass is 16.2. The molecule has 1 heterocycles. The summed E-state index contributed by atoms with van der Waals surface area (Å²) in [4.78, 5) is 2.67. The van der Waals surface area contributed by atoms with Gasteiger partial charge in [-0.2, -0.15) is 0 Å². The lowest BCUT2D eigenvalue weighted by atomic mass is 9.96. The van der Waals surface area contributed by atoms with Crippen molar-refractivity contribution in [1.82, 2.24) is 10.2 Å². The molecule has 18 heavy (non-hydrogen) atoms. The standard InChI is InChI=1S/C15H32N2O/c1-3-10-16-14(2)15-9-5-7-12-17(15)11-6-4-8-13-18/h14-16,18H,3-13H2,1-2H3. The van der Waals surface area contributed by atoms with E-state index >= 15 is 0 Å². The molecule has 0 spiro atoms. The fraction of sp³-hybridized carbons (Fsp3) is 1.00. The van der Waals surface area contributed by atoms with E-state index in [-0.39, 0.29) is 0 Å². The largest absolute Gasteiger partial charge is 0.396 e. The van der Waals surface area contributed by atoms with Gasteiger partial charge in [-0.3, -0.25) is 4.90 Å². The number of nitrogens with one attached hydrogen (secondary N) is 1. The fourth-order valence-corrected chi connectivity index (χ4v) is 2.97. The predicted molar refractivity (Wildman–Crippen MR) is 77.9 cm³/mol. The van der Waals surface area contributed by atoms with Crippen LogP contribution in [0.5, 0.6) is 0 Å². The highest BCUT2D eigenvalue weighted by Crippen LogP contribution is 2.20. The summed E-state index contributed by atoms with van der Waals surface area (Å²) in [6.45, 7) is 8.53. The molecule has 0 bridgehead atoms. The van der Waals surface area contributed by atoms with E-state index in [4.69, 9.17) is 5.11 Å². The Balaban J connectivity index is 2.31. The van der Waals surface area contributed by atoms with E-state index in [0.29, 0.717) is 12.6 Å². The first-order chi connectivity index (χ1) is 8.79. The summed E-state index contributed by atoms with van der Waals surface area (Å²) in [5.74, 6) is 0. The normalized spacial score (nSPS) is 23.2. The zero-order chi connectivity index (χ0) is 13.2. The maximum absolute atomic E-state index is 8.82. The van der Waals surface area contributed by atoms with Gasteiger partial charge in [0.1, 0.15) is 0 Å². The first-order valence-electron chi connectivity index (χ1n) is 7.88. The molecular formula is C15H32N2O. The molecule has 3 heteroatoms. The van der Waals surface area contributed by atoms with Gasteiger partial charge in [0.15, 0.2) is 0 Å². The highest BCUT2D eigenvalue weighted by molar-refractivity contribution is 4.84. The van der Waals surface area contributed by atoms with Crippen LogP contribution in [0.25, 0.3) is 0 Å². The van der Waals surface area contributed by atoms with Gasteiger partial charge in [0.05, 0.1) is 0 Å². The Morgan fingerprint density at radius 1 is 1.28 bits per heavy atom. The Hall–Kier alpha value is -0.120. The number of rotatable bonds is 9. The second-order valence-electron chi connectivity index (χ2n) is 5.63. The van der Waals surface area contributed by atoms with Crippen LogP contribution in [-0.2, 0) is 0 Å². The SMILES string of the molecule is CCCNC(C)C1CCCCN1CCCCCO. The summed E-state index contributed by atoms with van der Waals surface area (Å²) < 4.78 is 0. The molecule has 1 fully saturated rings. The average Bonchev–Trinajstić information content (AvgIpc) is 2.41. The van der Waals surface area contributed by atoms with Crippen molar-refractivity contribution in [3.05, 3.63) is 0 Å². The molecule has 1 aliphatic rings. The van der Waals surface area contributed by atoms with E-state index in [1.807, 2.05) is 0 Å². The third-order valence-electron chi connectivity index (χ3n) is 4.06. The molecule has 2 atom stereocenters.